The average molecular weight is 416 g/mol. The fraction of sp³-hybridized carbons (Fsp3) is 0.545. The number of para-hydroxylation sites is 1. The number of rotatable bonds is 7. The van der Waals surface area contributed by atoms with E-state index in [2.05, 4.69) is 39.0 Å². The molecule has 4 rings (SSSR count). The third-order valence-corrected chi connectivity index (χ3v) is 8.74. The summed E-state index contributed by atoms with van der Waals surface area (Å²) in [5.41, 5.74) is 2.38. The molecule has 0 aliphatic carbocycles. The van der Waals surface area contributed by atoms with Crippen LogP contribution < -0.4 is 0 Å². The van der Waals surface area contributed by atoms with E-state index in [4.69, 9.17) is 0 Å². The standard InChI is InChI=1S/C22H29N3OS2/c26-21(9-2-1-8-20-10-16-27-28-20)25-14-12-24(13-15-25)17-19-6-3-5-18-7-4-11-23-22(18)19/h3-7,11,20H,1-2,8-10,12-17H2. The first-order valence-electron chi connectivity index (χ1n) is 10.4. The van der Waals surface area contributed by atoms with E-state index in [-0.39, 0.29) is 0 Å². The Bertz CT molecular complexity index is 781. The molecule has 1 atom stereocenters. The average Bonchev–Trinajstić information content (AvgIpc) is 3.25. The summed E-state index contributed by atoms with van der Waals surface area (Å²) in [5.74, 6) is 1.65. The lowest BCUT2D eigenvalue weighted by Crippen LogP contribution is -2.48. The molecular formula is C22H29N3OS2. The quantitative estimate of drug-likeness (QED) is 0.488. The summed E-state index contributed by atoms with van der Waals surface area (Å²) in [7, 11) is 4.05. The Hall–Kier alpha value is -1.24. The van der Waals surface area contributed by atoms with Crippen molar-refractivity contribution in [3.63, 3.8) is 0 Å². The van der Waals surface area contributed by atoms with Crippen molar-refractivity contribution in [1.29, 1.82) is 0 Å². The second kappa shape index (κ2) is 9.99. The maximum Gasteiger partial charge on any atom is 0.222 e. The van der Waals surface area contributed by atoms with Gasteiger partial charge in [0.25, 0.3) is 0 Å². The Morgan fingerprint density at radius 1 is 1.11 bits per heavy atom. The summed E-state index contributed by atoms with van der Waals surface area (Å²) in [4.78, 5) is 21.6. The smallest absolute Gasteiger partial charge is 0.222 e. The van der Waals surface area contributed by atoms with Crippen LogP contribution in [0.25, 0.3) is 10.9 Å². The second-order valence-corrected chi connectivity index (χ2v) is 10.5. The highest BCUT2D eigenvalue weighted by molar-refractivity contribution is 8.77. The van der Waals surface area contributed by atoms with E-state index in [1.54, 1.807) is 0 Å². The number of hydrogen-bond donors (Lipinski definition) is 0. The first-order chi connectivity index (χ1) is 13.8. The zero-order valence-electron chi connectivity index (χ0n) is 16.4. The molecule has 3 heterocycles. The predicted molar refractivity (Wildman–Crippen MR) is 121 cm³/mol. The van der Waals surface area contributed by atoms with E-state index in [0.29, 0.717) is 5.91 Å². The van der Waals surface area contributed by atoms with E-state index in [9.17, 15) is 4.79 Å². The molecule has 0 radical (unpaired) electrons. The number of benzene rings is 1. The predicted octanol–water partition coefficient (Wildman–Crippen LogP) is 4.59. The third kappa shape index (κ3) is 5.22. The molecule has 2 fully saturated rings. The van der Waals surface area contributed by atoms with Crippen LogP contribution >= 0.6 is 21.6 Å². The molecule has 0 saturated carbocycles. The van der Waals surface area contributed by atoms with Gasteiger partial charge in [-0.15, -0.1) is 0 Å². The number of fused-ring (bicyclic) bond motifs is 1. The van der Waals surface area contributed by atoms with Crippen molar-refractivity contribution in [2.75, 3.05) is 31.9 Å². The summed E-state index contributed by atoms with van der Waals surface area (Å²) in [6, 6.07) is 10.5. The minimum atomic E-state index is 0.347. The van der Waals surface area contributed by atoms with Gasteiger partial charge in [0.1, 0.15) is 0 Å². The van der Waals surface area contributed by atoms with Crippen molar-refractivity contribution in [3.05, 3.63) is 42.1 Å². The zero-order chi connectivity index (χ0) is 19.2. The molecule has 1 amide bonds. The van der Waals surface area contributed by atoms with E-state index in [1.807, 2.05) is 33.9 Å². The van der Waals surface area contributed by atoms with E-state index in [1.165, 1.54) is 36.0 Å². The third-order valence-electron chi connectivity index (χ3n) is 5.73. The number of nitrogens with zero attached hydrogens (tertiary/aromatic N) is 3. The molecule has 2 aliphatic rings. The highest BCUT2D eigenvalue weighted by Gasteiger charge is 2.22. The summed E-state index contributed by atoms with van der Waals surface area (Å²) in [5, 5.41) is 2.02. The van der Waals surface area contributed by atoms with E-state index < -0.39 is 0 Å². The first kappa shape index (κ1) is 20.0. The fourth-order valence-electron chi connectivity index (χ4n) is 4.06. The first-order valence-corrected chi connectivity index (χ1v) is 12.8. The van der Waals surface area contributed by atoms with Gasteiger partial charge in [-0.1, -0.05) is 52.3 Å². The van der Waals surface area contributed by atoms with Gasteiger partial charge < -0.3 is 4.90 Å². The zero-order valence-corrected chi connectivity index (χ0v) is 18.0. The van der Waals surface area contributed by atoms with Gasteiger partial charge in [0, 0.05) is 61.7 Å². The molecule has 0 N–H and O–H groups in total. The summed E-state index contributed by atoms with van der Waals surface area (Å²) < 4.78 is 0. The molecule has 0 bridgehead atoms. The van der Waals surface area contributed by atoms with Crippen LogP contribution in [0.1, 0.15) is 37.7 Å². The minimum Gasteiger partial charge on any atom is -0.340 e. The number of amides is 1. The van der Waals surface area contributed by atoms with Crippen molar-refractivity contribution in [3.8, 4) is 0 Å². The molecule has 4 nitrogen and oxygen atoms in total. The molecule has 150 valence electrons. The maximum absolute atomic E-state index is 12.5. The topological polar surface area (TPSA) is 36.4 Å². The van der Waals surface area contributed by atoms with Crippen molar-refractivity contribution >= 4 is 38.4 Å². The Labute approximate surface area is 175 Å². The van der Waals surface area contributed by atoms with Gasteiger partial charge in [-0.2, -0.15) is 0 Å². The monoisotopic (exact) mass is 415 g/mol. The largest absolute Gasteiger partial charge is 0.340 e. The van der Waals surface area contributed by atoms with Crippen molar-refractivity contribution in [2.24, 2.45) is 0 Å². The molecular weight excluding hydrogens is 386 g/mol. The van der Waals surface area contributed by atoms with Gasteiger partial charge in [-0.05, 0) is 30.9 Å². The van der Waals surface area contributed by atoms with Gasteiger partial charge in [0.2, 0.25) is 5.91 Å². The minimum absolute atomic E-state index is 0.347. The molecule has 1 unspecified atom stereocenters. The highest BCUT2D eigenvalue weighted by Crippen LogP contribution is 2.39. The number of aromatic nitrogens is 1. The van der Waals surface area contributed by atoms with E-state index in [0.717, 1.165) is 56.3 Å². The Morgan fingerprint density at radius 2 is 1.96 bits per heavy atom. The summed E-state index contributed by atoms with van der Waals surface area (Å²) in [6.45, 7) is 4.52. The molecule has 0 spiro atoms. The summed E-state index contributed by atoms with van der Waals surface area (Å²) >= 11 is 0. The fourth-order valence-corrected chi connectivity index (χ4v) is 7.09. The van der Waals surface area contributed by atoms with Gasteiger partial charge in [0.15, 0.2) is 0 Å². The molecule has 6 heteroatoms. The normalized spacial score (nSPS) is 20.7. The lowest BCUT2D eigenvalue weighted by atomic mass is 10.1. The van der Waals surface area contributed by atoms with Crippen LogP contribution in [0.15, 0.2) is 36.5 Å². The number of carbonyl (C=O) groups is 1. The number of piperazine rings is 1. The van der Waals surface area contributed by atoms with Crippen molar-refractivity contribution < 1.29 is 4.79 Å². The number of carbonyl (C=O) groups excluding carboxylic acids is 1. The lowest BCUT2D eigenvalue weighted by Gasteiger charge is -2.35. The molecule has 2 aliphatic heterocycles. The van der Waals surface area contributed by atoms with Crippen LogP contribution in [-0.2, 0) is 11.3 Å². The Balaban J connectivity index is 1.20. The van der Waals surface area contributed by atoms with Crippen LogP contribution in [0.5, 0.6) is 0 Å². The van der Waals surface area contributed by atoms with Crippen LogP contribution in [-0.4, -0.2) is 57.9 Å². The Kier molecular flexibility index (Phi) is 7.15. The van der Waals surface area contributed by atoms with Crippen LogP contribution in [0, 0.1) is 0 Å². The van der Waals surface area contributed by atoms with Crippen LogP contribution in [0.4, 0.5) is 0 Å². The lowest BCUT2D eigenvalue weighted by molar-refractivity contribution is -0.133. The SMILES string of the molecule is O=C(CCCCC1CCSS1)N1CCN(Cc2cccc3cccnc23)CC1. The molecule has 2 saturated heterocycles. The molecule has 2 aromatic rings. The maximum atomic E-state index is 12.5. The van der Waals surface area contributed by atoms with Gasteiger partial charge in [-0.3, -0.25) is 14.7 Å². The number of pyridine rings is 1. The molecule has 28 heavy (non-hydrogen) atoms. The van der Waals surface area contributed by atoms with Crippen molar-refractivity contribution in [1.82, 2.24) is 14.8 Å². The van der Waals surface area contributed by atoms with Gasteiger partial charge in [0.05, 0.1) is 5.52 Å². The Morgan fingerprint density at radius 3 is 2.79 bits per heavy atom. The van der Waals surface area contributed by atoms with E-state index >= 15 is 0 Å². The summed E-state index contributed by atoms with van der Waals surface area (Å²) in [6.07, 6.45) is 7.44. The van der Waals surface area contributed by atoms with Crippen molar-refractivity contribution in [2.45, 2.75) is 43.9 Å². The highest BCUT2D eigenvalue weighted by atomic mass is 33.1. The molecule has 1 aromatic heterocycles. The van der Waals surface area contributed by atoms with Crippen LogP contribution in [0.2, 0.25) is 0 Å². The second-order valence-electron chi connectivity index (χ2n) is 7.72. The number of hydrogen-bond acceptors (Lipinski definition) is 5. The number of unbranched alkanes of at least 4 members (excludes halogenated alkanes) is 1. The molecule has 1 aromatic carbocycles. The van der Waals surface area contributed by atoms with Gasteiger partial charge in [-0.25, -0.2) is 0 Å². The van der Waals surface area contributed by atoms with Gasteiger partial charge >= 0.3 is 0 Å². The van der Waals surface area contributed by atoms with Crippen LogP contribution in [0.3, 0.4) is 0 Å².